The second kappa shape index (κ2) is 13.8. The molecule has 0 amide bonds. The number of rotatable bonds is 1. The molecule has 0 aromatic heterocycles. The van der Waals surface area contributed by atoms with Crippen molar-refractivity contribution >= 4 is 45.1 Å². The number of hydrogen-bond donors (Lipinski definition) is 0. The Hall–Kier alpha value is 0.629. The standard InChI is InChI=1S/C7H6I.3C4H9O.Sn/c1-6-3-2-4-7(8)5-6;3*1-4(2,3)5;/h2-5H,1H2;3*1-3H3;/q;3*-1;+3. The zero-order valence-corrected chi connectivity index (χ0v) is 21.6. The van der Waals surface area contributed by atoms with Gasteiger partial charge in [0.05, 0.1) is 0 Å². The van der Waals surface area contributed by atoms with Crippen LogP contribution in [0.15, 0.2) is 24.3 Å². The van der Waals surface area contributed by atoms with Gasteiger partial charge in [-0.15, -0.1) is 16.8 Å². The van der Waals surface area contributed by atoms with E-state index in [0.29, 0.717) is 0 Å². The van der Waals surface area contributed by atoms with E-state index in [1.54, 1.807) is 84.8 Å². The van der Waals surface area contributed by atoms with E-state index < -0.39 is 16.8 Å². The average Bonchev–Trinajstić information content (AvgIpc) is 2.21. The Balaban J connectivity index is -0.000000259. The molecular weight excluding hydrogens is 522 g/mol. The Kier molecular flexibility index (Phi) is 16.9. The summed E-state index contributed by atoms with van der Waals surface area (Å²) in [5.74, 6) is 0. The van der Waals surface area contributed by atoms with Gasteiger partial charge in [0.1, 0.15) is 0 Å². The maximum absolute atomic E-state index is 10.1. The van der Waals surface area contributed by atoms with E-state index in [0.717, 1.165) is 0 Å². The molecule has 0 aliphatic carbocycles. The predicted octanol–water partition coefficient (Wildman–Crippen LogP) is 2.40. The third-order valence-electron chi connectivity index (χ3n) is 1.09. The summed E-state index contributed by atoms with van der Waals surface area (Å²) < 4.78 is 2.57. The van der Waals surface area contributed by atoms with Crippen LogP contribution in [-0.4, -0.2) is 39.3 Å². The summed E-state index contributed by atoms with van der Waals surface area (Å²) in [6.07, 6.45) is 0. The van der Waals surface area contributed by atoms with Gasteiger partial charge in [0, 0.05) is 0 Å². The van der Waals surface area contributed by atoms with Crippen LogP contribution in [0.5, 0.6) is 0 Å². The van der Waals surface area contributed by atoms with Gasteiger partial charge < -0.3 is 15.3 Å². The molecule has 0 radical (unpaired) electrons. The molecule has 0 aliphatic rings. The fraction of sp³-hybridized carbons (Fsp3) is 0.684. The fourth-order valence-corrected chi connectivity index (χ4v) is 1.88. The van der Waals surface area contributed by atoms with Crippen LogP contribution in [-0.2, 0) is 4.44 Å². The average molecular weight is 555 g/mol. The van der Waals surface area contributed by atoms with E-state index >= 15 is 0 Å². The molecule has 0 fully saturated rings. The molecule has 0 saturated heterocycles. The van der Waals surface area contributed by atoms with E-state index in [-0.39, 0.29) is 0 Å². The van der Waals surface area contributed by atoms with Crippen molar-refractivity contribution in [3.8, 4) is 0 Å². The molecule has 3 nitrogen and oxygen atoms in total. The van der Waals surface area contributed by atoms with Crippen LogP contribution < -0.4 is 15.3 Å². The predicted molar refractivity (Wildman–Crippen MR) is 108 cm³/mol. The third kappa shape index (κ3) is 66.4. The Morgan fingerprint density at radius 2 is 1.08 bits per heavy atom. The van der Waals surface area contributed by atoms with E-state index in [4.69, 9.17) is 0 Å². The molecule has 0 saturated carbocycles. The minimum atomic E-state index is -0.750. The van der Waals surface area contributed by atoms with Crippen molar-refractivity contribution in [2.24, 2.45) is 0 Å². The minimum absolute atomic E-state index is 0.750. The van der Waals surface area contributed by atoms with Crippen LogP contribution in [0, 0.1) is 3.57 Å². The topological polar surface area (TPSA) is 69.2 Å². The van der Waals surface area contributed by atoms with Crippen LogP contribution in [0.3, 0.4) is 0 Å². The van der Waals surface area contributed by atoms with Gasteiger partial charge in [-0.2, -0.15) is 0 Å². The summed E-state index contributed by atoms with van der Waals surface area (Å²) in [6.45, 7) is 14.7. The molecule has 0 N–H and O–H groups in total. The van der Waals surface area contributed by atoms with Crippen molar-refractivity contribution in [1.82, 2.24) is 0 Å². The first-order valence-corrected chi connectivity index (χ1v) is 10.9. The van der Waals surface area contributed by atoms with Gasteiger partial charge >= 0.3 is 83.0 Å². The number of hydrogen-bond acceptors (Lipinski definition) is 3. The quantitative estimate of drug-likeness (QED) is 0.395. The van der Waals surface area contributed by atoms with E-state index in [2.05, 4.69) is 46.9 Å². The summed E-state index contributed by atoms with van der Waals surface area (Å²) >= 11 is 3.93. The number of benzene rings is 1. The molecule has 0 atom stereocenters. The van der Waals surface area contributed by atoms with Crippen LogP contribution in [0.25, 0.3) is 0 Å². The molecule has 0 heterocycles. The van der Waals surface area contributed by atoms with Crippen molar-refractivity contribution in [2.45, 2.75) is 83.6 Å². The van der Waals surface area contributed by atoms with E-state index in [9.17, 15) is 15.3 Å². The SMILES string of the molecule is CC(C)(C)[O-].CC(C)(C)[O-].CC(C)(C)[O-].[Sn+3][CH2]c1cccc(I)c1. The monoisotopic (exact) mass is 556 g/mol. The van der Waals surface area contributed by atoms with E-state index in [1.165, 1.54) is 13.6 Å². The Labute approximate surface area is 176 Å². The van der Waals surface area contributed by atoms with Gasteiger partial charge in [-0.25, -0.2) is 0 Å². The van der Waals surface area contributed by atoms with Gasteiger partial charge in [0.15, 0.2) is 0 Å². The van der Waals surface area contributed by atoms with Crippen LogP contribution >= 0.6 is 22.6 Å². The van der Waals surface area contributed by atoms with Crippen molar-refractivity contribution in [1.29, 1.82) is 0 Å². The van der Waals surface area contributed by atoms with Crippen LogP contribution in [0.2, 0.25) is 0 Å². The molecule has 0 unspecified atom stereocenters. The number of halogens is 1. The van der Waals surface area contributed by atoms with Crippen molar-refractivity contribution < 1.29 is 15.3 Å². The normalized spacial score (nSPS) is 11.1. The van der Waals surface area contributed by atoms with Crippen LogP contribution in [0.1, 0.15) is 67.9 Å². The first-order valence-electron chi connectivity index (χ1n) is 7.83. The van der Waals surface area contributed by atoms with E-state index in [1.807, 2.05) is 0 Å². The summed E-state index contributed by atoms with van der Waals surface area (Å²) in [6, 6.07) is 8.64. The van der Waals surface area contributed by atoms with Gasteiger partial charge in [0.25, 0.3) is 0 Å². The van der Waals surface area contributed by atoms with Crippen molar-refractivity contribution in [2.75, 3.05) is 0 Å². The zero-order valence-electron chi connectivity index (χ0n) is 16.6. The molecule has 1 rings (SSSR count). The molecule has 0 spiro atoms. The molecule has 5 heteroatoms. The Morgan fingerprint density at radius 3 is 1.25 bits per heavy atom. The zero-order chi connectivity index (χ0) is 20.2. The molecule has 138 valence electrons. The molecule has 24 heavy (non-hydrogen) atoms. The van der Waals surface area contributed by atoms with Gasteiger partial charge in [-0.3, -0.25) is 0 Å². The van der Waals surface area contributed by atoms with Crippen molar-refractivity contribution in [3.63, 3.8) is 0 Å². The fourth-order valence-electron chi connectivity index (χ4n) is 0.647. The Morgan fingerprint density at radius 1 is 0.792 bits per heavy atom. The Bertz CT molecular complexity index is 369. The van der Waals surface area contributed by atoms with Crippen molar-refractivity contribution in [3.05, 3.63) is 33.4 Å². The maximum atomic E-state index is 10.1. The summed E-state index contributed by atoms with van der Waals surface area (Å²) in [7, 11) is 0. The van der Waals surface area contributed by atoms with Crippen LogP contribution in [0.4, 0.5) is 0 Å². The molecule has 0 aliphatic heterocycles. The summed E-state index contributed by atoms with van der Waals surface area (Å²) in [5, 5.41) is 30.3. The van der Waals surface area contributed by atoms with Gasteiger partial charge in [0.2, 0.25) is 0 Å². The molecule has 1 aromatic carbocycles. The molecule has 1 aromatic rings. The van der Waals surface area contributed by atoms with Gasteiger partial charge in [-0.05, 0) is 0 Å². The second-order valence-electron chi connectivity index (χ2n) is 8.14. The second-order valence-corrected chi connectivity index (χ2v) is 10.4. The summed E-state index contributed by atoms with van der Waals surface area (Å²) in [5.41, 5.74) is -0.792. The first kappa shape index (κ1) is 29.4. The molecule has 0 bridgehead atoms. The van der Waals surface area contributed by atoms with Gasteiger partial charge in [-0.1, -0.05) is 62.3 Å². The summed E-state index contributed by atoms with van der Waals surface area (Å²) in [4.78, 5) is 0. The first-order chi connectivity index (χ1) is 10.3. The third-order valence-corrected chi connectivity index (χ3v) is 2.93. The molecular formula is C19H33IO3Sn.